The van der Waals surface area contributed by atoms with E-state index in [1.165, 1.54) is 24.8 Å². The van der Waals surface area contributed by atoms with Crippen LogP contribution >= 0.6 is 0 Å². The van der Waals surface area contributed by atoms with E-state index >= 15 is 0 Å². The van der Waals surface area contributed by atoms with Crippen molar-refractivity contribution < 1.29 is 4.79 Å². The molecule has 1 heterocycles. The molecule has 2 aliphatic carbocycles. The van der Waals surface area contributed by atoms with Crippen LogP contribution in [-0.2, 0) is 12.8 Å². The molecule has 1 amide bonds. The molecular formula is C18H21N3O. The SMILES string of the molecule is O=C(NC1CCCCC1)c1[nH]nc2c1CCc1ccccc1-2. The first-order valence-corrected chi connectivity index (χ1v) is 8.29. The number of aromatic nitrogens is 2. The van der Waals surface area contributed by atoms with Crippen molar-refractivity contribution >= 4 is 5.91 Å². The van der Waals surface area contributed by atoms with Gasteiger partial charge in [-0.05, 0) is 31.2 Å². The van der Waals surface area contributed by atoms with Gasteiger partial charge in [0.25, 0.3) is 5.91 Å². The van der Waals surface area contributed by atoms with Gasteiger partial charge in [-0.2, -0.15) is 5.10 Å². The Balaban J connectivity index is 1.60. The van der Waals surface area contributed by atoms with Crippen molar-refractivity contribution in [2.75, 3.05) is 0 Å². The molecule has 0 saturated heterocycles. The van der Waals surface area contributed by atoms with Crippen molar-refractivity contribution in [1.29, 1.82) is 0 Å². The number of nitrogens with one attached hydrogen (secondary N) is 2. The Kier molecular flexibility index (Phi) is 3.45. The number of aromatic amines is 1. The minimum atomic E-state index is 0.0139. The molecule has 0 atom stereocenters. The Hall–Kier alpha value is -2.10. The third kappa shape index (κ3) is 2.32. The lowest BCUT2D eigenvalue weighted by Crippen LogP contribution is -2.36. The number of H-pyrrole nitrogens is 1. The smallest absolute Gasteiger partial charge is 0.269 e. The Labute approximate surface area is 130 Å². The molecule has 22 heavy (non-hydrogen) atoms. The predicted molar refractivity (Wildman–Crippen MR) is 85.8 cm³/mol. The monoisotopic (exact) mass is 295 g/mol. The number of rotatable bonds is 2. The summed E-state index contributed by atoms with van der Waals surface area (Å²) in [7, 11) is 0. The van der Waals surface area contributed by atoms with Gasteiger partial charge in [-0.3, -0.25) is 9.89 Å². The van der Waals surface area contributed by atoms with Gasteiger partial charge in [-0.15, -0.1) is 0 Å². The molecule has 2 aromatic rings. The fraction of sp³-hybridized carbons (Fsp3) is 0.444. The molecule has 0 aliphatic heterocycles. The van der Waals surface area contributed by atoms with E-state index in [2.05, 4.69) is 33.7 Å². The van der Waals surface area contributed by atoms with E-state index in [0.717, 1.165) is 42.5 Å². The van der Waals surface area contributed by atoms with Crippen LogP contribution in [0.2, 0.25) is 0 Å². The average Bonchev–Trinajstić information content (AvgIpc) is 3.00. The zero-order valence-electron chi connectivity index (χ0n) is 12.7. The van der Waals surface area contributed by atoms with Crippen LogP contribution in [-0.4, -0.2) is 22.1 Å². The van der Waals surface area contributed by atoms with E-state index in [-0.39, 0.29) is 5.91 Å². The highest BCUT2D eigenvalue weighted by Crippen LogP contribution is 2.33. The highest BCUT2D eigenvalue weighted by atomic mass is 16.2. The molecule has 1 aromatic heterocycles. The fourth-order valence-corrected chi connectivity index (χ4v) is 3.75. The normalized spacial score (nSPS) is 17.6. The topological polar surface area (TPSA) is 57.8 Å². The average molecular weight is 295 g/mol. The first-order chi connectivity index (χ1) is 10.8. The molecule has 0 bridgehead atoms. The summed E-state index contributed by atoms with van der Waals surface area (Å²) in [6, 6.07) is 8.67. The third-order valence-corrected chi connectivity index (χ3v) is 4.95. The van der Waals surface area contributed by atoms with Crippen LogP contribution in [0.5, 0.6) is 0 Å². The predicted octanol–water partition coefficient (Wildman–Crippen LogP) is 3.24. The van der Waals surface area contributed by atoms with Gasteiger partial charge < -0.3 is 5.32 Å². The van der Waals surface area contributed by atoms with Gasteiger partial charge in [0.15, 0.2) is 0 Å². The summed E-state index contributed by atoms with van der Waals surface area (Å²) in [6.45, 7) is 0. The molecule has 1 saturated carbocycles. The lowest BCUT2D eigenvalue weighted by molar-refractivity contribution is 0.0921. The molecular weight excluding hydrogens is 274 g/mol. The minimum absolute atomic E-state index is 0.0139. The first kappa shape index (κ1) is 13.6. The van der Waals surface area contributed by atoms with Crippen molar-refractivity contribution in [3.05, 3.63) is 41.1 Å². The number of amides is 1. The Bertz CT molecular complexity index is 698. The number of carbonyl (C=O) groups is 1. The van der Waals surface area contributed by atoms with Crippen LogP contribution in [0.15, 0.2) is 24.3 Å². The van der Waals surface area contributed by atoms with E-state index < -0.39 is 0 Å². The molecule has 2 N–H and O–H groups in total. The standard InChI is InChI=1S/C18H21N3O/c22-18(19-13-7-2-1-3-8-13)17-15-11-10-12-6-4-5-9-14(12)16(15)20-21-17/h4-6,9,13H,1-3,7-8,10-11H2,(H,19,22)(H,20,21). The van der Waals surface area contributed by atoms with Gasteiger partial charge in [-0.1, -0.05) is 43.5 Å². The highest BCUT2D eigenvalue weighted by molar-refractivity contribution is 5.96. The summed E-state index contributed by atoms with van der Waals surface area (Å²) in [6.07, 6.45) is 7.81. The van der Waals surface area contributed by atoms with E-state index in [1.54, 1.807) is 0 Å². The van der Waals surface area contributed by atoms with Gasteiger partial charge >= 0.3 is 0 Å². The first-order valence-electron chi connectivity index (χ1n) is 8.29. The fourth-order valence-electron chi connectivity index (χ4n) is 3.75. The maximum absolute atomic E-state index is 12.6. The molecule has 4 heteroatoms. The van der Waals surface area contributed by atoms with Gasteiger partial charge in [-0.25, -0.2) is 0 Å². The summed E-state index contributed by atoms with van der Waals surface area (Å²) < 4.78 is 0. The second-order valence-corrected chi connectivity index (χ2v) is 6.39. The van der Waals surface area contributed by atoms with E-state index in [9.17, 15) is 4.79 Å². The van der Waals surface area contributed by atoms with Crippen LogP contribution in [0, 0.1) is 0 Å². The molecule has 4 nitrogen and oxygen atoms in total. The van der Waals surface area contributed by atoms with Gasteiger partial charge in [0.1, 0.15) is 5.69 Å². The molecule has 114 valence electrons. The quantitative estimate of drug-likeness (QED) is 0.893. The van der Waals surface area contributed by atoms with Crippen molar-refractivity contribution in [2.24, 2.45) is 0 Å². The second-order valence-electron chi connectivity index (χ2n) is 6.39. The van der Waals surface area contributed by atoms with Crippen LogP contribution in [0.4, 0.5) is 0 Å². The van der Waals surface area contributed by atoms with Crippen molar-refractivity contribution in [3.8, 4) is 11.3 Å². The maximum Gasteiger partial charge on any atom is 0.269 e. The Morgan fingerprint density at radius 1 is 1.14 bits per heavy atom. The van der Waals surface area contributed by atoms with Crippen LogP contribution in [0.3, 0.4) is 0 Å². The Morgan fingerprint density at radius 2 is 1.95 bits per heavy atom. The molecule has 0 radical (unpaired) electrons. The summed E-state index contributed by atoms with van der Waals surface area (Å²) in [5.41, 5.74) is 5.18. The second kappa shape index (κ2) is 5.59. The summed E-state index contributed by atoms with van der Waals surface area (Å²) in [5, 5.41) is 10.6. The maximum atomic E-state index is 12.6. The van der Waals surface area contributed by atoms with Crippen LogP contribution < -0.4 is 5.32 Å². The third-order valence-electron chi connectivity index (χ3n) is 4.95. The summed E-state index contributed by atoms with van der Waals surface area (Å²) in [4.78, 5) is 12.6. The minimum Gasteiger partial charge on any atom is -0.348 e. The number of aryl methyl sites for hydroxylation is 1. The number of fused-ring (bicyclic) bond motifs is 3. The molecule has 1 aromatic carbocycles. The largest absolute Gasteiger partial charge is 0.348 e. The molecule has 2 aliphatic rings. The lowest BCUT2D eigenvalue weighted by Gasteiger charge is -2.23. The van der Waals surface area contributed by atoms with Crippen LogP contribution in [0.25, 0.3) is 11.3 Å². The number of hydrogen-bond acceptors (Lipinski definition) is 2. The zero-order chi connectivity index (χ0) is 14.9. The van der Waals surface area contributed by atoms with E-state index in [1.807, 2.05) is 6.07 Å². The van der Waals surface area contributed by atoms with E-state index in [0.29, 0.717) is 11.7 Å². The summed E-state index contributed by atoms with van der Waals surface area (Å²) in [5.74, 6) is 0.0139. The molecule has 0 spiro atoms. The number of hydrogen-bond donors (Lipinski definition) is 2. The van der Waals surface area contributed by atoms with Gasteiger partial charge in [0.05, 0.1) is 5.69 Å². The molecule has 0 unspecified atom stereocenters. The van der Waals surface area contributed by atoms with Crippen molar-refractivity contribution in [2.45, 2.75) is 51.0 Å². The van der Waals surface area contributed by atoms with Crippen molar-refractivity contribution in [3.63, 3.8) is 0 Å². The molecule has 1 fully saturated rings. The summed E-state index contributed by atoms with van der Waals surface area (Å²) >= 11 is 0. The number of benzene rings is 1. The van der Waals surface area contributed by atoms with Gasteiger partial charge in [0.2, 0.25) is 0 Å². The molecule has 4 rings (SSSR count). The van der Waals surface area contributed by atoms with Crippen molar-refractivity contribution in [1.82, 2.24) is 15.5 Å². The zero-order valence-corrected chi connectivity index (χ0v) is 12.7. The van der Waals surface area contributed by atoms with Crippen LogP contribution in [0.1, 0.15) is 53.7 Å². The van der Waals surface area contributed by atoms with Gasteiger partial charge in [0, 0.05) is 17.2 Å². The number of carbonyl (C=O) groups excluding carboxylic acids is 1. The highest BCUT2D eigenvalue weighted by Gasteiger charge is 2.26. The number of nitrogens with zero attached hydrogens (tertiary/aromatic N) is 1. The Morgan fingerprint density at radius 3 is 2.82 bits per heavy atom. The lowest BCUT2D eigenvalue weighted by atomic mass is 9.89. The van der Waals surface area contributed by atoms with E-state index in [4.69, 9.17) is 0 Å².